The first-order valence-electron chi connectivity index (χ1n) is 6.96. The summed E-state index contributed by atoms with van der Waals surface area (Å²) in [5.74, 6) is 8.14. The third kappa shape index (κ3) is 4.96. The second-order valence-electron chi connectivity index (χ2n) is 4.92. The van der Waals surface area contributed by atoms with Crippen molar-refractivity contribution in [2.24, 2.45) is 5.92 Å². The summed E-state index contributed by atoms with van der Waals surface area (Å²) in [4.78, 5) is 12.1. The summed E-state index contributed by atoms with van der Waals surface area (Å²) in [5, 5.41) is 12.1. The van der Waals surface area contributed by atoms with Gasteiger partial charge in [-0.1, -0.05) is 23.4 Å². The molecule has 0 atom stereocenters. The van der Waals surface area contributed by atoms with E-state index < -0.39 is 0 Å². The van der Waals surface area contributed by atoms with Gasteiger partial charge < -0.3 is 10.4 Å². The lowest BCUT2D eigenvalue weighted by atomic mass is 10.0. The van der Waals surface area contributed by atoms with Crippen LogP contribution in [-0.2, 0) is 0 Å². The first-order valence-corrected chi connectivity index (χ1v) is 8.49. The van der Waals surface area contributed by atoms with Crippen LogP contribution in [0.3, 0.4) is 0 Å². The van der Waals surface area contributed by atoms with E-state index in [1.165, 1.54) is 24.3 Å². The zero-order valence-electron chi connectivity index (χ0n) is 11.7. The Hall–Kier alpha value is -1.15. The quantitative estimate of drug-likeness (QED) is 0.841. The molecule has 1 amide bonds. The molecule has 0 saturated carbocycles. The molecule has 1 fully saturated rings. The third-order valence-corrected chi connectivity index (χ3v) is 4.79. The maximum atomic E-state index is 12.1. The van der Waals surface area contributed by atoms with Crippen molar-refractivity contribution in [1.29, 1.82) is 0 Å². The van der Waals surface area contributed by atoms with Gasteiger partial charge in [-0.25, -0.2) is 0 Å². The highest BCUT2D eigenvalue weighted by atomic mass is 35.5. The minimum Gasteiger partial charge on any atom is -0.384 e. The number of nitrogens with one attached hydrogen (secondary N) is 1. The molecule has 2 rings (SSSR count). The predicted molar refractivity (Wildman–Crippen MR) is 87.8 cm³/mol. The number of aliphatic hydroxyl groups excluding tert-OH is 1. The van der Waals surface area contributed by atoms with Crippen molar-refractivity contribution in [2.75, 3.05) is 24.7 Å². The van der Waals surface area contributed by atoms with Crippen LogP contribution in [0.4, 0.5) is 0 Å². The van der Waals surface area contributed by atoms with E-state index in [0.717, 1.165) is 6.54 Å². The Balaban J connectivity index is 1.94. The summed E-state index contributed by atoms with van der Waals surface area (Å²) in [5.41, 5.74) is 1.16. The Kier molecular flexibility index (Phi) is 6.44. The summed E-state index contributed by atoms with van der Waals surface area (Å²) in [6.07, 6.45) is 2.34. The summed E-state index contributed by atoms with van der Waals surface area (Å²) in [6.45, 7) is 0.515. The molecule has 5 heteroatoms. The number of amides is 1. The van der Waals surface area contributed by atoms with E-state index in [2.05, 4.69) is 17.2 Å². The van der Waals surface area contributed by atoms with Crippen molar-refractivity contribution in [3.8, 4) is 11.8 Å². The van der Waals surface area contributed by atoms with Crippen LogP contribution in [0.1, 0.15) is 28.8 Å². The van der Waals surface area contributed by atoms with Crippen molar-refractivity contribution in [3.63, 3.8) is 0 Å². The van der Waals surface area contributed by atoms with Gasteiger partial charge in [0.05, 0.1) is 5.02 Å². The Bertz CT molecular complexity index is 559. The van der Waals surface area contributed by atoms with Crippen LogP contribution in [0.25, 0.3) is 0 Å². The first-order chi connectivity index (χ1) is 10.2. The predicted octanol–water partition coefficient (Wildman–Crippen LogP) is 2.56. The Labute approximate surface area is 134 Å². The molecule has 0 aromatic heterocycles. The lowest BCUT2D eigenvalue weighted by Gasteiger charge is -2.21. The van der Waals surface area contributed by atoms with Crippen LogP contribution in [0.2, 0.25) is 5.02 Å². The van der Waals surface area contributed by atoms with Gasteiger partial charge >= 0.3 is 0 Å². The number of hydrogen-bond acceptors (Lipinski definition) is 3. The van der Waals surface area contributed by atoms with Crippen LogP contribution in [0, 0.1) is 17.8 Å². The SMILES string of the molecule is O=C(NCC1CCSCC1)c1ccc(C#CCO)c(Cl)c1. The van der Waals surface area contributed by atoms with Crippen molar-refractivity contribution in [3.05, 3.63) is 34.3 Å². The molecule has 1 aliphatic heterocycles. The van der Waals surface area contributed by atoms with Crippen molar-refractivity contribution in [2.45, 2.75) is 12.8 Å². The van der Waals surface area contributed by atoms with Gasteiger partial charge in [-0.05, 0) is 48.5 Å². The van der Waals surface area contributed by atoms with E-state index in [-0.39, 0.29) is 12.5 Å². The van der Waals surface area contributed by atoms with Gasteiger partial charge in [0.15, 0.2) is 0 Å². The molecule has 1 aromatic carbocycles. The average Bonchev–Trinajstić information content (AvgIpc) is 2.52. The minimum absolute atomic E-state index is 0.100. The number of carbonyl (C=O) groups is 1. The normalized spacial score (nSPS) is 15.1. The van der Waals surface area contributed by atoms with Gasteiger partial charge in [-0.3, -0.25) is 4.79 Å². The smallest absolute Gasteiger partial charge is 0.251 e. The van der Waals surface area contributed by atoms with E-state index >= 15 is 0 Å². The maximum Gasteiger partial charge on any atom is 0.251 e. The molecule has 0 radical (unpaired) electrons. The van der Waals surface area contributed by atoms with Crippen LogP contribution in [0.15, 0.2) is 18.2 Å². The van der Waals surface area contributed by atoms with Gasteiger partial charge in [0, 0.05) is 17.7 Å². The molecule has 1 aliphatic rings. The van der Waals surface area contributed by atoms with Crippen LogP contribution < -0.4 is 5.32 Å². The highest BCUT2D eigenvalue weighted by Crippen LogP contribution is 2.22. The monoisotopic (exact) mass is 323 g/mol. The van der Waals surface area contributed by atoms with E-state index in [1.54, 1.807) is 18.2 Å². The molecular formula is C16H18ClNO2S. The van der Waals surface area contributed by atoms with E-state index in [0.29, 0.717) is 22.1 Å². The van der Waals surface area contributed by atoms with Crippen LogP contribution >= 0.6 is 23.4 Å². The number of hydrogen-bond donors (Lipinski definition) is 2. The summed E-state index contributed by atoms with van der Waals surface area (Å²) in [7, 11) is 0. The Morgan fingerprint density at radius 3 is 2.86 bits per heavy atom. The molecular weight excluding hydrogens is 306 g/mol. The van der Waals surface area contributed by atoms with Crippen molar-refractivity contribution < 1.29 is 9.90 Å². The standard InChI is InChI=1S/C16H18ClNO2S/c17-15-10-14(4-3-13(15)2-1-7-19)16(20)18-11-12-5-8-21-9-6-12/h3-4,10,12,19H,5-9,11H2,(H,18,20). The molecule has 112 valence electrons. The van der Waals surface area contributed by atoms with E-state index in [9.17, 15) is 4.79 Å². The number of rotatable bonds is 3. The molecule has 3 nitrogen and oxygen atoms in total. The third-order valence-electron chi connectivity index (χ3n) is 3.43. The second-order valence-corrected chi connectivity index (χ2v) is 6.55. The number of thioether (sulfide) groups is 1. The molecule has 0 bridgehead atoms. The minimum atomic E-state index is -0.210. The van der Waals surface area contributed by atoms with E-state index in [4.69, 9.17) is 16.7 Å². The number of benzene rings is 1. The zero-order valence-corrected chi connectivity index (χ0v) is 13.3. The fourth-order valence-electron chi connectivity index (χ4n) is 2.18. The van der Waals surface area contributed by atoms with Gasteiger partial charge in [0.2, 0.25) is 0 Å². The number of carbonyl (C=O) groups excluding carboxylic acids is 1. The summed E-state index contributed by atoms with van der Waals surface area (Å²) in [6, 6.07) is 5.03. The molecule has 1 aromatic rings. The van der Waals surface area contributed by atoms with Crippen molar-refractivity contribution in [1.82, 2.24) is 5.32 Å². The lowest BCUT2D eigenvalue weighted by Crippen LogP contribution is -2.30. The lowest BCUT2D eigenvalue weighted by molar-refractivity contribution is 0.0946. The highest BCUT2D eigenvalue weighted by molar-refractivity contribution is 7.99. The van der Waals surface area contributed by atoms with Crippen LogP contribution in [-0.4, -0.2) is 35.7 Å². The van der Waals surface area contributed by atoms with Gasteiger partial charge in [-0.2, -0.15) is 11.8 Å². The number of halogens is 1. The molecule has 21 heavy (non-hydrogen) atoms. The van der Waals surface area contributed by atoms with Gasteiger partial charge in [0.25, 0.3) is 5.91 Å². The topological polar surface area (TPSA) is 49.3 Å². The summed E-state index contributed by atoms with van der Waals surface area (Å²) >= 11 is 8.07. The molecule has 1 saturated heterocycles. The second kappa shape index (κ2) is 8.33. The van der Waals surface area contributed by atoms with Gasteiger partial charge in [0.1, 0.15) is 6.61 Å². The molecule has 2 N–H and O–H groups in total. The Morgan fingerprint density at radius 2 is 2.19 bits per heavy atom. The molecule has 0 spiro atoms. The van der Waals surface area contributed by atoms with E-state index in [1.807, 2.05) is 11.8 Å². The fourth-order valence-corrected chi connectivity index (χ4v) is 3.61. The first kappa shape index (κ1) is 16.2. The maximum absolute atomic E-state index is 12.1. The van der Waals surface area contributed by atoms with Crippen molar-refractivity contribution >= 4 is 29.3 Å². The molecule has 1 heterocycles. The van der Waals surface area contributed by atoms with Crippen LogP contribution in [0.5, 0.6) is 0 Å². The number of aliphatic hydroxyl groups is 1. The zero-order chi connectivity index (χ0) is 15.1. The Morgan fingerprint density at radius 1 is 1.43 bits per heavy atom. The summed E-state index contributed by atoms with van der Waals surface area (Å²) < 4.78 is 0. The fraction of sp³-hybridized carbons (Fsp3) is 0.438. The largest absolute Gasteiger partial charge is 0.384 e. The highest BCUT2D eigenvalue weighted by Gasteiger charge is 2.15. The molecule has 0 unspecified atom stereocenters. The average molecular weight is 324 g/mol. The van der Waals surface area contributed by atoms with Gasteiger partial charge in [-0.15, -0.1) is 0 Å². The molecule has 0 aliphatic carbocycles.